The van der Waals surface area contributed by atoms with E-state index in [0.29, 0.717) is 17.2 Å². The highest BCUT2D eigenvalue weighted by Crippen LogP contribution is 2.39. The molecule has 150 valence electrons. The van der Waals surface area contributed by atoms with Crippen molar-refractivity contribution in [3.63, 3.8) is 0 Å². The van der Waals surface area contributed by atoms with Crippen LogP contribution >= 0.6 is 11.8 Å². The monoisotopic (exact) mass is 416 g/mol. The van der Waals surface area contributed by atoms with Crippen LogP contribution in [0.4, 0.5) is 0 Å². The van der Waals surface area contributed by atoms with E-state index < -0.39 is 5.97 Å². The average Bonchev–Trinajstić information content (AvgIpc) is 3.10. The number of hydrogen-bond acceptors (Lipinski definition) is 5. The molecule has 3 aromatic carbocycles. The molecule has 30 heavy (non-hydrogen) atoms. The number of carbonyl (C=O) groups excluding carboxylic acids is 1. The number of benzene rings is 3. The first kappa shape index (κ1) is 19.8. The van der Waals surface area contributed by atoms with E-state index in [9.17, 15) is 4.79 Å². The van der Waals surface area contributed by atoms with Crippen molar-refractivity contribution in [2.24, 2.45) is 0 Å². The molecular formula is C24H20N2O3S. The van der Waals surface area contributed by atoms with Crippen molar-refractivity contribution in [2.45, 2.75) is 16.7 Å². The Balaban J connectivity index is 1.73. The van der Waals surface area contributed by atoms with Crippen LogP contribution in [-0.4, -0.2) is 22.9 Å². The summed E-state index contributed by atoms with van der Waals surface area (Å²) in [4.78, 5) is 14.7. The molecule has 0 spiro atoms. The van der Waals surface area contributed by atoms with E-state index in [1.54, 1.807) is 36.1 Å². The molecule has 1 aromatic heterocycles. The smallest absolute Gasteiger partial charge is 0.344 e. The third-order valence-corrected chi connectivity index (χ3v) is 5.63. The number of carbonyl (C=O) groups is 1. The number of aromatic nitrogens is 2. The van der Waals surface area contributed by atoms with Crippen molar-refractivity contribution in [1.29, 1.82) is 0 Å². The molecule has 0 bridgehead atoms. The molecule has 0 aliphatic carbocycles. The zero-order chi connectivity index (χ0) is 20.9. The largest absolute Gasteiger partial charge is 0.497 e. The summed E-state index contributed by atoms with van der Waals surface area (Å²) >= 11 is 1.52. The molecule has 0 fully saturated rings. The minimum atomic E-state index is -0.454. The molecule has 6 heteroatoms. The van der Waals surface area contributed by atoms with Crippen molar-refractivity contribution in [2.75, 3.05) is 7.11 Å². The van der Waals surface area contributed by atoms with E-state index in [2.05, 4.69) is 5.10 Å². The minimum Gasteiger partial charge on any atom is -0.497 e. The third kappa shape index (κ3) is 4.23. The summed E-state index contributed by atoms with van der Waals surface area (Å²) < 4.78 is 12.7. The first-order chi connectivity index (χ1) is 14.7. The van der Waals surface area contributed by atoms with Crippen LogP contribution in [0, 0.1) is 6.92 Å². The van der Waals surface area contributed by atoms with Crippen molar-refractivity contribution < 1.29 is 14.3 Å². The van der Waals surface area contributed by atoms with Crippen LogP contribution in [0.25, 0.3) is 5.69 Å². The van der Waals surface area contributed by atoms with Crippen LogP contribution in [0.1, 0.15) is 16.1 Å². The number of hydrogen-bond donors (Lipinski definition) is 0. The molecule has 0 saturated heterocycles. The molecule has 0 atom stereocenters. The molecule has 0 radical (unpaired) electrons. The molecule has 4 aromatic rings. The van der Waals surface area contributed by atoms with E-state index in [-0.39, 0.29) is 0 Å². The van der Waals surface area contributed by atoms with Gasteiger partial charge < -0.3 is 9.47 Å². The topological polar surface area (TPSA) is 53.4 Å². The van der Waals surface area contributed by atoms with Gasteiger partial charge in [0.05, 0.1) is 29.0 Å². The normalized spacial score (nSPS) is 10.6. The quantitative estimate of drug-likeness (QED) is 0.385. The minimum absolute atomic E-state index is 0.397. The highest BCUT2D eigenvalue weighted by atomic mass is 32.2. The maximum absolute atomic E-state index is 12.9. The number of para-hydroxylation sites is 1. The van der Waals surface area contributed by atoms with Gasteiger partial charge in [0.15, 0.2) is 0 Å². The lowest BCUT2D eigenvalue weighted by Crippen LogP contribution is -2.12. The number of rotatable bonds is 6. The van der Waals surface area contributed by atoms with Crippen molar-refractivity contribution in [1.82, 2.24) is 9.78 Å². The Hall–Kier alpha value is -3.51. The number of methoxy groups -OCH3 is 1. The summed E-state index contributed by atoms with van der Waals surface area (Å²) in [7, 11) is 1.58. The Morgan fingerprint density at radius 2 is 1.53 bits per heavy atom. The summed E-state index contributed by atoms with van der Waals surface area (Å²) in [5.41, 5.74) is 2.04. The van der Waals surface area contributed by atoms with E-state index >= 15 is 0 Å². The van der Waals surface area contributed by atoms with Crippen molar-refractivity contribution >= 4 is 17.7 Å². The van der Waals surface area contributed by atoms with Gasteiger partial charge in [-0.05, 0) is 55.5 Å². The standard InChI is InChI=1S/C24H20N2O3S/c1-17-22(30-21-11-7-4-8-12-21)23(26(25-17)19-9-5-3-6-10-19)29-24(27)18-13-15-20(28-2)16-14-18/h3-16H,1-2H3. The van der Waals surface area contributed by atoms with Crippen molar-refractivity contribution in [3.05, 3.63) is 96.2 Å². The molecular weight excluding hydrogens is 396 g/mol. The van der Waals surface area contributed by atoms with Gasteiger partial charge in [0, 0.05) is 4.90 Å². The lowest BCUT2D eigenvalue weighted by Gasteiger charge is -2.10. The molecule has 4 rings (SSSR count). The van der Waals surface area contributed by atoms with Crippen LogP contribution in [-0.2, 0) is 0 Å². The number of esters is 1. The Kier molecular flexibility index (Phi) is 5.86. The Labute approximate surface area is 179 Å². The summed E-state index contributed by atoms with van der Waals surface area (Å²) in [6.45, 7) is 1.91. The number of nitrogens with zero attached hydrogens (tertiary/aromatic N) is 2. The summed E-state index contributed by atoms with van der Waals surface area (Å²) in [6, 6.07) is 26.4. The van der Waals surface area contributed by atoms with Crippen LogP contribution in [0.15, 0.2) is 94.7 Å². The van der Waals surface area contributed by atoms with Crippen LogP contribution in [0.2, 0.25) is 0 Å². The van der Waals surface area contributed by atoms with Gasteiger partial charge in [0.2, 0.25) is 5.88 Å². The predicted molar refractivity (Wildman–Crippen MR) is 117 cm³/mol. The summed E-state index contributed by atoms with van der Waals surface area (Å²) in [5.74, 6) is 0.620. The van der Waals surface area contributed by atoms with E-state index in [4.69, 9.17) is 9.47 Å². The first-order valence-electron chi connectivity index (χ1n) is 9.40. The second-order valence-corrected chi connectivity index (χ2v) is 7.58. The Morgan fingerprint density at radius 1 is 0.900 bits per heavy atom. The fourth-order valence-corrected chi connectivity index (χ4v) is 3.86. The number of ether oxygens (including phenoxy) is 2. The van der Waals surface area contributed by atoms with Gasteiger partial charge in [-0.25, -0.2) is 4.79 Å². The van der Waals surface area contributed by atoms with Gasteiger partial charge >= 0.3 is 5.97 Å². The second-order valence-electron chi connectivity index (χ2n) is 6.50. The lowest BCUT2D eigenvalue weighted by molar-refractivity contribution is 0.0718. The summed E-state index contributed by atoms with van der Waals surface area (Å²) in [5, 5.41) is 4.65. The fourth-order valence-electron chi connectivity index (χ4n) is 2.92. The molecule has 0 aliphatic rings. The summed E-state index contributed by atoms with van der Waals surface area (Å²) in [6.07, 6.45) is 0. The first-order valence-corrected chi connectivity index (χ1v) is 10.2. The van der Waals surface area contributed by atoms with Crippen LogP contribution < -0.4 is 9.47 Å². The van der Waals surface area contributed by atoms with Gasteiger partial charge in [-0.2, -0.15) is 9.78 Å². The molecule has 0 aliphatic heterocycles. The fraction of sp³-hybridized carbons (Fsp3) is 0.0833. The molecule has 0 unspecified atom stereocenters. The second kappa shape index (κ2) is 8.88. The predicted octanol–water partition coefficient (Wildman–Crippen LogP) is 5.56. The molecule has 0 amide bonds. The lowest BCUT2D eigenvalue weighted by atomic mass is 10.2. The Bertz CT molecular complexity index is 1140. The molecule has 0 saturated carbocycles. The highest BCUT2D eigenvalue weighted by molar-refractivity contribution is 7.99. The van der Waals surface area contributed by atoms with Crippen LogP contribution in [0.3, 0.4) is 0 Å². The van der Waals surface area contributed by atoms with Gasteiger partial charge in [0.25, 0.3) is 0 Å². The van der Waals surface area contributed by atoms with Gasteiger partial charge in [-0.15, -0.1) is 0 Å². The van der Waals surface area contributed by atoms with Gasteiger partial charge in [-0.3, -0.25) is 0 Å². The Morgan fingerprint density at radius 3 is 2.17 bits per heavy atom. The van der Waals surface area contributed by atoms with Crippen molar-refractivity contribution in [3.8, 4) is 17.3 Å². The maximum atomic E-state index is 12.9. The van der Waals surface area contributed by atoms with E-state index in [1.807, 2.05) is 67.6 Å². The van der Waals surface area contributed by atoms with E-state index in [0.717, 1.165) is 21.2 Å². The third-order valence-electron chi connectivity index (χ3n) is 4.44. The zero-order valence-electron chi connectivity index (χ0n) is 16.6. The van der Waals surface area contributed by atoms with Gasteiger partial charge in [-0.1, -0.05) is 48.2 Å². The molecule has 5 nitrogen and oxygen atoms in total. The van der Waals surface area contributed by atoms with Crippen LogP contribution in [0.5, 0.6) is 11.6 Å². The highest BCUT2D eigenvalue weighted by Gasteiger charge is 2.22. The average molecular weight is 417 g/mol. The maximum Gasteiger partial charge on any atom is 0.344 e. The van der Waals surface area contributed by atoms with E-state index in [1.165, 1.54) is 11.8 Å². The zero-order valence-corrected chi connectivity index (χ0v) is 17.4. The molecule has 0 N–H and O–H groups in total. The number of aryl methyl sites for hydroxylation is 1. The molecule has 1 heterocycles. The van der Waals surface area contributed by atoms with Gasteiger partial charge in [0.1, 0.15) is 5.75 Å². The SMILES string of the molecule is COc1ccc(C(=O)Oc2c(Sc3ccccc3)c(C)nn2-c2ccccc2)cc1.